The molecule has 2 aromatic carbocycles. The molecule has 0 aromatic heterocycles. The van der Waals surface area contributed by atoms with Gasteiger partial charge in [0.15, 0.2) is 0 Å². The Morgan fingerprint density at radius 2 is 2.06 bits per heavy atom. The van der Waals surface area contributed by atoms with Gasteiger partial charge in [-0.1, -0.05) is 19.1 Å². The van der Waals surface area contributed by atoms with E-state index >= 15 is 4.39 Å². The van der Waals surface area contributed by atoms with Crippen molar-refractivity contribution in [2.24, 2.45) is 5.92 Å². The highest BCUT2D eigenvalue weighted by Crippen LogP contribution is 2.35. The van der Waals surface area contributed by atoms with Crippen LogP contribution in [0, 0.1) is 11.7 Å². The molecule has 0 spiro atoms. The third-order valence-electron chi connectivity index (χ3n) is 6.87. The van der Waals surface area contributed by atoms with E-state index in [9.17, 15) is 14.7 Å². The third-order valence-corrected chi connectivity index (χ3v) is 6.87. The van der Waals surface area contributed by atoms with Gasteiger partial charge in [0.25, 0.3) is 5.91 Å². The maximum Gasteiger partial charge on any atom is 0.414 e. The van der Waals surface area contributed by atoms with Crippen LogP contribution in [-0.2, 0) is 16.1 Å². The number of nitrogens with one attached hydrogen (secondary N) is 1. The van der Waals surface area contributed by atoms with Crippen molar-refractivity contribution in [1.82, 2.24) is 5.32 Å². The van der Waals surface area contributed by atoms with Crippen molar-refractivity contribution < 1.29 is 33.7 Å². The van der Waals surface area contributed by atoms with Gasteiger partial charge in [0.2, 0.25) is 0 Å². The van der Waals surface area contributed by atoms with E-state index in [-0.39, 0.29) is 42.7 Å². The Morgan fingerprint density at radius 1 is 1.23 bits per heavy atom. The number of hydrogen-bond donors (Lipinski definition) is 3. The first kappa shape index (κ1) is 24.9. The first-order valence-electron chi connectivity index (χ1n) is 11.9. The maximum atomic E-state index is 15.1. The molecule has 35 heavy (non-hydrogen) atoms. The standard InChI is InChI=1S/C26H31FN2O6/c1-16(17-3-2-9-34-10-8-17)22-7-6-20(12-23(22)27)29-14-21(35-26(29)33)13-28-25(32)18-4-5-19(15-30)24(31)11-18/h4-7,11-12,16-17,21,30-31H,2-3,8-10,13-15H2,1H3,(H,28,32). The number of carbonyl (C=O) groups excluding carboxylic acids is 2. The van der Waals surface area contributed by atoms with Crippen LogP contribution in [0.3, 0.4) is 0 Å². The summed E-state index contributed by atoms with van der Waals surface area (Å²) in [4.78, 5) is 26.2. The van der Waals surface area contributed by atoms with Gasteiger partial charge in [0.05, 0.1) is 25.4 Å². The second-order valence-electron chi connectivity index (χ2n) is 9.13. The van der Waals surface area contributed by atoms with Crippen molar-refractivity contribution in [2.45, 2.75) is 44.8 Å². The van der Waals surface area contributed by atoms with Gasteiger partial charge in [-0.3, -0.25) is 9.69 Å². The summed E-state index contributed by atoms with van der Waals surface area (Å²) in [5, 5.41) is 21.6. The largest absolute Gasteiger partial charge is 0.508 e. The summed E-state index contributed by atoms with van der Waals surface area (Å²) >= 11 is 0. The molecule has 3 atom stereocenters. The molecule has 4 rings (SSSR count). The van der Waals surface area contributed by atoms with Crippen molar-refractivity contribution in [3.63, 3.8) is 0 Å². The van der Waals surface area contributed by atoms with E-state index in [1.54, 1.807) is 12.1 Å². The smallest absolute Gasteiger partial charge is 0.414 e. The van der Waals surface area contributed by atoms with E-state index in [2.05, 4.69) is 5.32 Å². The van der Waals surface area contributed by atoms with Gasteiger partial charge in [0.1, 0.15) is 17.7 Å². The average molecular weight is 487 g/mol. The molecule has 2 aromatic rings. The fourth-order valence-electron chi connectivity index (χ4n) is 4.72. The number of hydrogen-bond acceptors (Lipinski definition) is 6. The highest BCUT2D eigenvalue weighted by molar-refractivity contribution is 5.95. The summed E-state index contributed by atoms with van der Waals surface area (Å²) < 4.78 is 25.9. The lowest BCUT2D eigenvalue weighted by atomic mass is 9.82. The Labute approximate surface area is 203 Å². The number of nitrogens with zero attached hydrogens (tertiary/aromatic N) is 1. The van der Waals surface area contributed by atoms with Crippen molar-refractivity contribution in [3.05, 3.63) is 58.9 Å². The molecule has 3 unspecified atom stereocenters. The van der Waals surface area contributed by atoms with Crippen LogP contribution in [-0.4, -0.2) is 54.6 Å². The zero-order valence-electron chi connectivity index (χ0n) is 19.7. The predicted molar refractivity (Wildman–Crippen MR) is 127 cm³/mol. The van der Waals surface area contributed by atoms with Gasteiger partial charge in [-0.05, 0) is 60.9 Å². The molecule has 2 heterocycles. The number of anilines is 1. The fourth-order valence-corrected chi connectivity index (χ4v) is 4.72. The quantitative estimate of drug-likeness (QED) is 0.551. The summed E-state index contributed by atoms with van der Waals surface area (Å²) in [6, 6.07) is 9.06. The van der Waals surface area contributed by atoms with E-state index in [1.807, 2.05) is 6.92 Å². The molecule has 3 N–H and O–H groups in total. The Bertz CT molecular complexity index is 1070. The lowest BCUT2D eigenvalue weighted by molar-refractivity contribution is 0.0915. The van der Waals surface area contributed by atoms with Gasteiger partial charge < -0.3 is 25.0 Å². The molecular formula is C26H31FN2O6. The predicted octanol–water partition coefficient (Wildman–Crippen LogP) is 3.70. The molecule has 2 fully saturated rings. The molecule has 0 radical (unpaired) electrons. The average Bonchev–Trinajstić information content (AvgIpc) is 3.04. The van der Waals surface area contributed by atoms with Crippen molar-refractivity contribution in [2.75, 3.05) is 31.2 Å². The molecule has 8 nitrogen and oxygen atoms in total. The van der Waals surface area contributed by atoms with E-state index in [1.165, 1.54) is 29.2 Å². The number of phenols is 1. The summed E-state index contributed by atoms with van der Waals surface area (Å²) in [5.41, 5.74) is 1.57. The normalized spacial score (nSPS) is 21.3. The highest BCUT2D eigenvalue weighted by Gasteiger charge is 2.33. The van der Waals surface area contributed by atoms with Gasteiger partial charge in [-0.2, -0.15) is 0 Å². The summed E-state index contributed by atoms with van der Waals surface area (Å²) in [7, 11) is 0. The molecule has 2 amide bonds. The van der Waals surface area contributed by atoms with Crippen molar-refractivity contribution in [3.8, 4) is 5.75 Å². The van der Waals surface area contributed by atoms with Crippen LogP contribution in [0.25, 0.3) is 0 Å². The molecule has 9 heteroatoms. The van der Waals surface area contributed by atoms with Crippen molar-refractivity contribution >= 4 is 17.7 Å². The molecule has 2 saturated heterocycles. The Balaban J connectivity index is 1.36. The summed E-state index contributed by atoms with van der Waals surface area (Å²) in [6.45, 7) is 3.38. The van der Waals surface area contributed by atoms with Gasteiger partial charge in [-0.15, -0.1) is 0 Å². The Morgan fingerprint density at radius 3 is 2.80 bits per heavy atom. The zero-order chi connectivity index (χ0) is 24.9. The maximum absolute atomic E-state index is 15.1. The first-order chi connectivity index (χ1) is 16.9. The van der Waals surface area contributed by atoms with E-state index in [4.69, 9.17) is 14.6 Å². The molecule has 0 aliphatic carbocycles. The van der Waals surface area contributed by atoms with Crippen molar-refractivity contribution in [1.29, 1.82) is 0 Å². The van der Waals surface area contributed by atoms with Crippen LogP contribution < -0.4 is 10.2 Å². The number of carbonyl (C=O) groups is 2. The topological polar surface area (TPSA) is 108 Å². The van der Waals surface area contributed by atoms with E-state index in [0.717, 1.165) is 25.9 Å². The second kappa shape index (κ2) is 11.0. The van der Waals surface area contributed by atoms with Gasteiger partial charge >= 0.3 is 6.09 Å². The van der Waals surface area contributed by atoms with Crippen LogP contribution in [0.4, 0.5) is 14.9 Å². The van der Waals surface area contributed by atoms with E-state index < -0.39 is 18.1 Å². The van der Waals surface area contributed by atoms with E-state index in [0.29, 0.717) is 29.3 Å². The number of aromatic hydroxyl groups is 1. The number of halogens is 1. The highest BCUT2D eigenvalue weighted by atomic mass is 19.1. The number of aliphatic hydroxyl groups excluding tert-OH is 1. The van der Waals surface area contributed by atoms with Crippen LogP contribution in [0.2, 0.25) is 0 Å². The summed E-state index contributed by atoms with van der Waals surface area (Å²) in [6.07, 6.45) is 1.67. The molecule has 2 aliphatic rings. The zero-order valence-corrected chi connectivity index (χ0v) is 19.7. The van der Waals surface area contributed by atoms with Gasteiger partial charge in [-0.25, -0.2) is 9.18 Å². The number of aliphatic hydroxyl groups is 1. The lowest BCUT2D eigenvalue weighted by Gasteiger charge is -2.23. The fraction of sp³-hybridized carbons (Fsp3) is 0.462. The summed E-state index contributed by atoms with van der Waals surface area (Å²) in [5.74, 6) is -0.580. The molecular weight excluding hydrogens is 455 g/mol. The van der Waals surface area contributed by atoms with Gasteiger partial charge in [0, 0.05) is 24.3 Å². The minimum Gasteiger partial charge on any atom is -0.508 e. The second-order valence-corrected chi connectivity index (χ2v) is 9.13. The van der Waals surface area contributed by atoms with Crippen LogP contribution >= 0.6 is 0 Å². The number of amides is 2. The Kier molecular flexibility index (Phi) is 7.87. The minimum absolute atomic E-state index is 0.0464. The number of rotatable bonds is 7. The lowest BCUT2D eigenvalue weighted by Crippen LogP contribution is -2.34. The molecule has 0 bridgehead atoms. The first-order valence-corrected chi connectivity index (χ1v) is 11.9. The Hall–Kier alpha value is -3.17. The SMILES string of the molecule is CC(c1ccc(N2CC(CNC(=O)c3ccc(CO)c(O)c3)OC2=O)cc1F)C1CCCOCC1. The van der Waals surface area contributed by atoms with Crippen LogP contribution in [0.15, 0.2) is 36.4 Å². The minimum atomic E-state index is -0.607. The van der Waals surface area contributed by atoms with Crippen LogP contribution in [0.1, 0.15) is 53.6 Å². The molecule has 2 aliphatic heterocycles. The monoisotopic (exact) mass is 486 g/mol. The molecule has 0 saturated carbocycles. The number of benzene rings is 2. The van der Waals surface area contributed by atoms with Crippen LogP contribution in [0.5, 0.6) is 5.75 Å². The number of cyclic esters (lactones) is 1. The number of ether oxygens (including phenoxy) is 2. The molecule has 188 valence electrons. The third kappa shape index (κ3) is 5.74.